The highest BCUT2D eigenvalue weighted by Crippen LogP contribution is 2.24. The summed E-state index contributed by atoms with van der Waals surface area (Å²) < 4.78 is 31.3. The van der Waals surface area contributed by atoms with Gasteiger partial charge in [-0.15, -0.1) is 0 Å². The van der Waals surface area contributed by atoms with Crippen LogP contribution in [-0.4, -0.2) is 30.6 Å². The maximum Gasteiger partial charge on any atom is 0.309 e. The normalized spacial score (nSPS) is 16.5. The van der Waals surface area contributed by atoms with Gasteiger partial charge >= 0.3 is 5.97 Å². The van der Waals surface area contributed by atoms with Crippen LogP contribution in [0.2, 0.25) is 0 Å². The Balaban J connectivity index is 1.98. The molecule has 6 heteroatoms. The number of carbonyl (C=O) groups excluding carboxylic acids is 1. The molecule has 0 radical (unpaired) electrons. The molecule has 0 unspecified atom stereocenters. The first-order valence-electron chi connectivity index (χ1n) is 6.34. The van der Waals surface area contributed by atoms with Gasteiger partial charge in [0.2, 0.25) is 0 Å². The molecule has 0 atom stereocenters. The zero-order valence-electron chi connectivity index (χ0n) is 10.7. The third-order valence-electron chi connectivity index (χ3n) is 3.20. The van der Waals surface area contributed by atoms with Crippen LogP contribution in [-0.2, 0) is 9.53 Å². The number of aromatic nitrogens is 1. The molecule has 19 heavy (non-hydrogen) atoms. The molecule has 2 rings (SSSR count). The van der Waals surface area contributed by atoms with Gasteiger partial charge in [-0.3, -0.25) is 4.79 Å². The van der Waals surface area contributed by atoms with Crippen molar-refractivity contribution in [1.29, 1.82) is 0 Å². The molecule has 1 aliphatic rings. The summed E-state index contributed by atoms with van der Waals surface area (Å²) in [7, 11) is 0. The minimum Gasteiger partial charge on any atom is -0.466 e. The molecule has 1 aromatic heterocycles. The zero-order valence-corrected chi connectivity index (χ0v) is 10.7. The molecule has 0 N–H and O–H groups in total. The minimum atomic E-state index is -0.692. The molecule has 1 fully saturated rings. The van der Waals surface area contributed by atoms with Crippen molar-refractivity contribution in [1.82, 2.24) is 4.98 Å². The SMILES string of the molecule is CCOC(=O)C1CCN(c2ncc(F)cc2F)CC1. The van der Waals surface area contributed by atoms with Crippen LogP contribution in [0.15, 0.2) is 12.3 Å². The lowest BCUT2D eigenvalue weighted by Gasteiger charge is -2.31. The predicted octanol–water partition coefficient (Wildman–Crippen LogP) is 2.14. The van der Waals surface area contributed by atoms with E-state index >= 15 is 0 Å². The fourth-order valence-electron chi connectivity index (χ4n) is 2.23. The average molecular weight is 270 g/mol. The van der Waals surface area contributed by atoms with Crippen LogP contribution < -0.4 is 4.90 Å². The van der Waals surface area contributed by atoms with E-state index in [1.807, 2.05) is 0 Å². The maximum atomic E-state index is 13.6. The number of nitrogens with zero attached hydrogens (tertiary/aromatic N) is 2. The van der Waals surface area contributed by atoms with E-state index in [9.17, 15) is 13.6 Å². The van der Waals surface area contributed by atoms with E-state index in [1.165, 1.54) is 0 Å². The van der Waals surface area contributed by atoms with Crippen molar-refractivity contribution in [3.63, 3.8) is 0 Å². The van der Waals surface area contributed by atoms with Crippen LogP contribution in [0.1, 0.15) is 19.8 Å². The van der Waals surface area contributed by atoms with E-state index in [-0.39, 0.29) is 17.7 Å². The second kappa shape index (κ2) is 5.95. The number of rotatable bonds is 3. The van der Waals surface area contributed by atoms with Gasteiger partial charge in [0, 0.05) is 19.2 Å². The van der Waals surface area contributed by atoms with Crippen molar-refractivity contribution in [3.8, 4) is 0 Å². The molecule has 2 heterocycles. The van der Waals surface area contributed by atoms with Gasteiger partial charge in [-0.25, -0.2) is 13.8 Å². The summed E-state index contributed by atoms with van der Waals surface area (Å²) in [4.78, 5) is 17.1. The van der Waals surface area contributed by atoms with E-state index in [4.69, 9.17) is 4.74 Å². The highest BCUT2D eigenvalue weighted by molar-refractivity contribution is 5.72. The number of hydrogen-bond donors (Lipinski definition) is 0. The van der Waals surface area contributed by atoms with Crippen LogP contribution in [0.5, 0.6) is 0 Å². The Bertz CT molecular complexity index is 460. The van der Waals surface area contributed by atoms with Crippen molar-refractivity contribution >= 4 is 11.8 Å². The zero-order chi connectivity index (χ0) is 13.8. The minimum absolute atomic E-state index is 0.139. The highest BCUT2D eigenvalue weighted by Gasteiger charge is 2.27. The predicted molar refractivity (Wildman–Crippen MR) is 65.7 cm³/mol. The number of halogens is 2. The van der Waals surface area contributed by atoms with Crippen molar-refractivity contribution in [3.05, 3.63) is 23.9 Å². The van der Waals surface area contributed by atoms with E-state index in [0.29, 0.717) is 32.5 Å². The molecule has 0 saturated carbocycles. The summed E-state index contributed by atoms with van der Waals surface area (Å²) in [6.07, 6.45) is 2.19. The molecular weight excluding hydrogens is 254 g/mol. The standard InChI is InChI=1S/C13H16F2N2O2/c1-2-19-13(18)9-3-5-17(6-4-9)12-11(15)7-10(14)8-16-12/h7-9H,2-6H2,1H3. The second-order valence-electron chi connectivity index (χ2n) is 4.47. The van der Waals surface area contributed by atoms with Crippen LogP contribution in [0.3, 0.4) is 0 Å². The molecule has 0 aliphatic carbocycles. The van der Waals surface area contributed by atoms with Crippen molar-refractivity contribution in [2.45, 2.75) is 19.8 Å². The number of esters is 1. The Hall–Kier alpha value is -1.72. The number of pyridine rings is 1. The lowest BCUT2D eigenvalue weighted by atomic mass is 9.97. The van der Waals surface area contributed by atoms with Gasteiger partial charge in [0.15, 0.2) is 11.6 Å². The molecule has 0 aromatic carbocycles. The quantitative estimate of drug-likeness (QED) is 0.789. The van der Waals surface area contributed by atoms with Crippen molar-refractivity contribution in [2.24, 2.45) is 5.92 Å². The molecule has 1 saturated heterocycles. The Morgan fingerprint density at radius 2 is 2.16 bits per heavy atom. The summed E-state index contributed by atoms with van der Waals surface area (Å²) in [6.45, 7) is 3.16. The summed E-state index contributed by atoms with van der Waals surface area (Å²) in [6, 6.07) is 0.819. The molecular formula is C13H16F2N2O2. The molecule has 4 nitrogen and oxygen atoms in total. The summed E-state index contributed by atoms with van der Waals surface area (Å²) in [5.41, 5.74) is 0. The Morgan fingerprint density at radius 1 is 1.47 bits per heavy atom. The number of piperidine rings is 1. The van der Waals surface area contributed by atoms with Crippen LogP contribution in [0.25, 0.3) is 0 Å². The van der Waals surface area contributed by atoms with E-state index < -0.39 is 11.6 Å². The van der Waals surface area contributed by atoms with Gasteiger partial charge < -0.3 is 9.64 Å². The van der Waals surface area contributed by atoms with E-state index in [1.54, 1.807) is 11.8 Å². The molecule has 1 aromatic rings. The third kappa shape index (κ3) is 3.19. The first kappa shape index (κ1) is 13.7. The number of anilines is 1. The molecule has 0 bridgehead atoms. The van der Waals surface area contributed by atoms with Crippen molar-refractivity contribution in [2.75, 3.05) is 24.6 Å². The summed E-state index contributed by atoms with van der Waals surface area (Å²) in [5, 5.41) is 0. The largest absolute Gasteiger partial charge is 0.466 e. The van der Waals surface area contributed by atoms with Gasteiger partial charge in [-0.2, -0.15) is 0 Å². The molecule has 104 valence electrons. The van der Waals surface area contributed by atoms with Gasteiger partial charge in [0.25, 0.3) is 0 Å². The van der Waals surface area contributed by atoms with E-state index in [2.05, 4.69) is 4.98 Å². The van der Waals surface area contributed by atoms with Crippen LogP contribution >= 0.6 is 0 Å². The van der Waals surface area contributed by atoms with Crippen LogP contribution in [0, 0.1) is 17.6 Å². The average Bonchev–Trinajstić information content (AvgIpc) is 2.39. The fourth-order valence-corrected chi connectivity index (χ4v) is 2.23. The highest BCUT2D eigenvalue weighted by atomic mass is 19.1. The third-order valence-corrected chi connectivity index (χ3v) is 3.20. The first-order valence-corrected chi connectivity index (χ1v) is 6.34. The lowest BCUT2D eigenvalue weighted by Crippen LogP contribution is -2.37. The molecule has 0 spiro atoms. The Labute approximate surface area is 110 Å². The van der Waals surface area contributed by atoms with Crippen molar-refractivity contribution < 1.29 is 18.3 Å². The topological polar surface area (TPSA) is 42.4 Å². The number of ether oxygens (including phenoxy) is 1. The maximum absolute atomic E-state index is 13.6. The van der Waals surface area contributed by atoms with Gasteiger partial charge in [-0.1, -0.05) is 0 Å². The Morgan fingerprint density at radius 3 is 2.74 bits per heavy atom. The first-order chi connectivity index (χ1) is 9.11. The van der Waals surface area contributed by atoms with E-state index in [0.717, 1.165) is 12.3 Å². The number of carbonyl (C=O) groups is 1. The molecule has 0 amide bonds. The van der Waals surface area contributed by atoms with Gasteiger partial charge in [-0.05, 0) is 19.8 Å². The molecule has 1 aliphatic heterocycles. The number of hydrogen-bond acceptors (Lipinski definition) is 4. The monoisotopic (exact) mass is 270 g/mol. The van der Waals surface area contributed by atoms with Gasteiger partial charge in [0.1, 0.15) is 5.82 Å². The summed E-state index contributed by atoms with van der Waals surface area (Å²) in [5.74, 6) is -1.56. The lowest BCUT2D eigenvalue weighted by molar-refractivity contribution is -0.148. The van der Waals surface area contributed by atoms with Crippen LogP contribution in [0.4, 0.5) is 14.6 Å². The van der Waals surface area contributed by atoms with Gasteiger partial charge in [0.05, 0.1) is 18.7 Å². The Kier molecular flexibility index (Phi) is 4.29. The summed E-state index contributed by atoms with van der Waals surface area (Å²) >= 11 is 0. The fraction of sp³-hybridized carbons (Fsp3) is 0.538. The second-order valence-corrected chi connectivity index (χ2v) is 4.47. The smallest absolute Gasteiger partial charge is 0.309 e.